The Balaban J connectivity index is 1.70. The summed E-state index contributed by atoms with van der Waals surface area (Å²) in [7, 11) is 0. The van der Waals surface area contributed by atoms with Crippen LogP contribution in [0.5, 0.6) is 5.75 Å². The molecule has 0 aliphatic carbocycles. The predicted molar refractivity (Wildman–Crippen MR) is 129 cm³/mol. The highest BCUT2D eigenvalue weighted by atomic mass is 35.5. The lowest BCUT2D eigenvalue weighted by Gasteiger charge is -2.26. The van der Waals surface area contributed by atoms with Crippen molar-refractivity contribution >= 4 is 58.5 Å². The van der Waals surface area contributed by atoms with Crippen molar-refractivity contribution in [3.05, 3.63) is 104 Å². The number of hydrogen-bond donors (Lipinski definition) is 1. The summed E-state index contributed by atoms with van der Waals surface area (Å²) in [6, 6.07) is 15.9. The Hall–Kier alpha value is -4.21. The number of rotatable bonds is 6. The van der Waals surface area contributed by atoms with Crippen LogP contribution in [0.1, 0.15) is 11.1 Å². The third-order valence-corrected chi connectivity index (χ3v) is 5.48. The Labute approximate surface area is 208 Å². The molecule has 35 heavy (non-hydrogen) atoms. The zero-order valence-corrected chi connectivity index (χ0v) is 19.2. The lowest BCUT2D eigenvalue weighted by molar-refractivity contribution is -0.384. The number of carbonyl (C=O) groups excluding carboxylic acids is 3. The molecule has 11 heteroatoms. The molecule has 0 atom stereocenters. The average Bonchev–Trinajstić information content (AvgIpc) is 2.82. The Kier molecular flexibility index (Phi) is 6.81. The van der Waals surface area contributed by atoms with Gasteiger partial charge in [0.25, 0.3) is 17.5 Å². The molecule has 1 saturated heterocycles. The van der Waals surface area contributed by atoms with Gasteiger partial charge in [0.1, 0.15) is 17.9 Å². The first-order valence-corrected chi connectivity index (χ1v) is 10.8. The van der Waals surface area contributed by atoms with Gasteiger partial charge in [-0.2, -0.15) is 0 Å². The second-order valence-corrected chi connectivity index (χ2v) is 8.16. The summed E-state index contributed by atoms with van der Waals surface area (Å²) in [5, 5.41) is 13.4. The van der Waals surface area contributed by atoms with Crippen molar-refractivity contribution in [3.8, 4) is 5.75 Å². The molecule has 0 spiro atoms. The van der Waals surface area contributed by atoms with E-state index in [0.29, 0.717) is 4.90 Å². The molecular weight excluding hydrogens is 497 g/mol. The van der Waals surface area contributed by atoms with Gasteiger partial charge in [0.05, 0.1) is 15.6 Å². The Morgan fingerprint density at radius 1 is 1.00 bits per heavy atom. The summed E-state index contributed by atoms with van der Waals surface area (Å²) >= 11 is 12.5. The highest BCUT2D eigenvalue weighted by molar-refractivity contribution is 6.40. The fourth-order valence-corrected chi connectivity index (χ4v) is 3.90. The summed E-state index contributed by atoms with van der Waals surface area (Å²) in [4.78, 5) is 49.1. The number of barbiturate groups is 1. The molecule has 9 nitrogen and oxygen atoms in total. The Morgan fingerprint density at radius 3 is 2.34 bits per heavy atom. The average molecular weight is 512 g/mol. The molecule has 1 N–H and O–H groups in total. The number of anilines is 1. The van der Waals surface area contributed by atoms with Crippen molar-refractivity contribution in [2.45, 2.75) is 6.61 Å². The van der Waals surface area contributed by atoms with Gasteiger partial charge in [-0.1, -0.05) is 53.5 Å². The van der Waals surface area contributed by atoms with Gasteiger partial charge in [0.2, 0.25) is 0 Å². The number of nitrogens with zero attached hydrogens (tertiary/aromatic N) is 2. The summed E-state index contributed by atoms with van der Waals surface area (Å²) in [6.45, 7) is 0.159. The zero-order chi connectivity index (χ0) is 25.1. The van der Waals surface area contributed by atoms with Crippen LogP contribution >= 0.6 is 23.2 Å². The maximum Gasteiger partial charge on any atom is 0.335 e. The standard InChI is InChI=1S/C24H15Cl2N3O6/c25-16-10-15(21(20(26)12-16)35-13-14-4-2-1-3-5-14)11-19-22(30)27-24(32)28(23(19)31)17-6-8-18(9-7-17)29(33)34/h1-12H,13H2,(H,27,30,32)/b19-11+. The first-order valence-electron chi connectivity index (χ1n) is 10.1. The van der Waals surface area contributed by atoms with Gasteiger partial charge in [-0.15, -0.1) is 0 Å². The third kappa shape index (κ3) is 5.16. The lowest BCUT2D eigenvalue weighted by atomic mass is 10.1. The summed E-state index contributed by atoms with van der Waals surface area (Å²) < 4.78 is 5.87. The van der Waals surface area contributed by atoms with Crippen molar-refractivity contribution < 1.29 is 24.0 Å². The Bertz CT molecular complexity index is 1370. The first-order chi connectivity index (χ1) is 16.7. The van der Waals surface area contributed by atoms with Crippen LogP contribution in [0.25, 0.3) is 6.08 Å². The molecule has 0 aromatic heterocycles. The largest absolute Gasteiger partial charge is 0.487 e. The fourth-order valence-electron chi connectivity index (χ4n) is 3.34. The van der Waals surface area contributed by atoms with Crippen molar-refractivity contribution in [1.82, 2.24) is 5.32 Å². The quantitative estimate of drug-likeness (QED) is 0.211. The van der Waals surface area contributed by atoms with Crippen LogP contribution in [-0.2, 0) is 16.2 Å². The number of carbonyl (C=O) groups is 3. The van der Waals surface area contributed by atoms with E-state index in [1.807, 2.05) is 30.3 Å². The number of nitro groups is 1. The molecule has 0 radical (unpaired) electrons. The number of halogens is 2. The minimum absolute atomic E-state index is 0.0428. The van der Waals surface area contributed by atoms with Gasteiger partial charge in [-0.05, 0) is 35.9 Å². The molecule has 1 heterocycles. The van der Waals surface area contributed by atoms with E-state index in [9.17, 15) is 24.5 Å². The fraction of sp³-hybridized carbons (Fsp3) is 0.0417. The van der Waals surface area contributed by atoms with Gasteiger partial charge < -0.3 is 4.74 Å². The molecule has 176 valence electrons. The van der Waals surface area contributed by atoms with Crippen LogP contribution in [-0.4, -0.2) is 22.8 Å². The van der Waals surface area contributed by atoms with Crippen LogP contribution in [0.2, 0.25) is 10.0 Å². The first kappa shape index (κ1) is 23.9. The summed E-state index contributed by atoms with van der Waals surface area (Å²) in [5.41, 5.74) is 0.541. The van der Waals surface area contributed by atoms with Gasteiger partial charge in [0.15, 0.2) is 0 Å². The molecule has 1 aliphatic rings. The summed E-state index contributed by atoms with van der Waals surface area (Å²) in [6.07, 6.45) is 1.22. The molecule has 3 aromatic rings. The van der Waals surface area contributed by atoms with Crippen molar-refractivity contribution in [1.29, 1.82) is 0 Å². The lowest BCUT2D eigenvalue weighted by Crippen LogP contribution is -2.54. The number of nitrogens with one attached hydrogen (secondary N) is 1. The van der Waals surface area contributed by atoms with Gasteiger partial charge in [-0.3, -0.25) is 25.0 Å². The van der Waals surface area contributed by atoms with E-state index >= 15 is 0 Å². The molecule has 1 fully saturated rings. The third-order valence-electron chi connectivity index (χ3n) is 4.98. The van der Waals surface area contributed by atoms with E-state index in [1.165, 1.54) is 30.3 Å². The van der Waals surface area contributed by atoms with Crippen LogP contribution in [0.4, 0.5) is 16.2 Å². The molecule has 0 saturated carbocycles. The monoisotopic (exact) mass is 511 g/mol. The smallest absolute Gasteiger partial charge is 0.335 e. The molecular formula is C24H15Cl2N3O6. The number of nitro benzene ring substituents is 1. The van der Waals surface area contributed by atoms with Crippen LogP contribution < -0.4 is 15.0 Å². The highest BCUT2D eigenvalue weighted by Crippen LogP contribution is 2.35. The molecule has 0 bridgehead atoms. The van der Waals surface area contributed by atoms with Crippen molar-refractivity contribution in [3.63, 3.8) is 0 Å². The maximum absolute atomic E-state index is 13.2. The number of ether oxygens (including phenoxy) is 1. The minimum Gasteiger partial charge on any atom is -0.487 e. The second-order valence-electron chi connectivity index (χ2n) is 7.31. The highest BCUT2D eigenvalue weighted by Gasteiger charge is 2.37. The SMILES string of the molecule is O=C1NC(=O)N(c2ccc([N+](=O)[O-])cc2)C(=O)/C1=C/c1cc(Cl)cc(Cl)c1OCc1ccccc1. The number of urea groups is 1. The number of amides is 4. The number of hydrogen-bond acceptors (Lipinski definition) is 6. The van der Waals surface area contributed by atoms with Gasteiger partial charge >= 0.3 is 6.03 Å². The molecule has 3 aromatic carbocycles. The van der Waals surface area contributed by atoms with E-state index in [2.05, 4.69) is 5.32 Å². The van der Waals surface area contributed by atoms with Crippen molar-refractivity contribution in [2.75, 3.05) is 4.90 Å². The number of imide groups is 2. The molecule has 4 rings (SSSR count). The molecule has 0 unspecified atom stereocenters. The molecule has 1 aliphatic heterocycles. The number of non-ortho nitro benzene ring substituents is 1. The molecule has 4 amide bonds. The van der Waals surface area contributed by atoms with E-state index < -0.39 is 22.8 Å². The minimum atomic E-state index is -0.990. The van der Waals surface area contributed by atoms with Gasteiger partial charge in [-0.25, -0.2) is 9.69 Å². The topological polar surface area (TPSA) is 119 Å². The van der Waals surface area contributed by atoms with E-state index in [4.69, 9.17) is 27.9 Å². The van der Waals surface area contributed by atoms with Crippen LogP contribution in [0, 0.1) is 10.1 Å². The number of benzene rings is 3. The van der Waals surface area contributed by atoms with Crippen molar-refractivity contribution in [2.24, 2.45) is 0 Å². The second kappa shape index (κ2) is 9.96. The Morgan fingerprint density at radius 2 is 1.69 bits per heavy atom. The van der Waals surface area contributed by atoms with E-state index in [1.54, 1.807) is 0 Å². The summed E-state index contributed by atoms with van der Waals surface area (Å²) in [5.74, 6) is -1.67. The van der Waals surface area contributed by atoms with Crippen LogP contribution in [0.3, 0.4) is 0 Å². The zero-order valence-electron chi connectivity index (χ0n) is 17.7. The van der Waals surface area contributed by atoms with Crippen LogP contribution in [0.15, 0.2) is 72.3 Å². The maximum atomic E-state index is 13.2. The van der Waals surface area contributed by atoms with E-state index in [-0.39, 0.29) is 44.9 Å². The predicted octanol–water partition coefficient (Wildman–Crippen LogP) is 5.15. The van der Waals surface area contributed by atoms with Gasteiger partial charge in [0, 0.05) is 22.7 Å². The normalized spacial score (nSPS) is 14.7. The van der Waals surface area contributed by atoms with E-state index in [0.717, 1.165) is 17.7 Å².